The maximum atomic E-state index is 13.0. The third-order valence-electron chi connectivity index (χ3n) is 5.17. The maximum Gasteiger partial charge on any atom is 0.247 e. The molecule has 0 aliphatic carbocycles. The van der Waals surface area contributed by atoms with E-state index in [1.54, 1.807) is 48.5 Å². The molecule has 9 heteroatoms. The van der Waals surface area contributed by atoms with Crippen LogP contribution in [-0.4, -0.2) is 51.6 Å². The molecule has 3 atom stereocenters. The zero-order valence-corrected chi connectivity index (χ0v) is 20.1. The highest BCUT2D eigenvalue weighted by atomic mass is 35.5. The number of morpholine rings is 1. The Hall–Kier alpha value is -2.13. The zero-order valence-electron chi connectivity index (χ0n) is 17.7. The van der Waals surface area contributed by atoms with Crippen LogP contribution >= 0.6 is 35.6 Å². The van der Waals surface area contributed by atoms with Crippen LogP contribution in [0.15, 0.2) is 48.5 Å². The van der Waals surface area contributed by atoms with Gasteiger partial charge in [0, 0.05) is 24.5 Å². The summed E-state index contributed by atoms with van der Waals surface area (Å²) in [5.74, 6) is 0.762. The predicted molar refractivity (Wildman–Crippen MR) is 131 cm³/mol. The molecule has 2 heterocycles. The standard InChI is InChI=1S/C23H23ClN2O4S2/c1-14-12-25(13-15(2)29-14)23(31)32-20-11-21(27)26(22(20)28)17-5-9-19(10-6-17)30-18-7-3-16(24)4-8-18/h3-10,14-15,20H,11-13H2,1-2H3/t14-,15+,20-/m1/s1. The van der Waals surface area contributed by atoms with E-state index in [4.69, 9.17) is 33.3 Å². The molecule has 0 unspecified atom stereocenters. The van der Waals surface area contributed by atoms with Crippen LogP contribution in [0.5, 0.6) is 11.5 Å². The highest BCUT2D eigenvalue weighted by molar-refractivity contribution is 8.23. The number of anilines is 1. The molecule has 6 nitrogen and oxygen atoms in total. The maximum absolute atomic E-state index is 13.0. The SMILES string of the molecule is C[C@@H]1CN(C(=S)S[C@@H]2CC(=O)N(c3ccc(Oc4ccc(Cl)cc4)cc3)C2=O)C[C@H](C)O1. The van der Waals surface area contributed by atoms with Gasteiger partial charge in [0.15, 0.2) is 0 Å². The fourth-order valence-corrected chi connectivity index (χ4v) is 5.39. The van der Waals surface area contributed by atoms with E-state index < -0.39 is 5.25 Å². The second-order valence-corrected chi connectivity index (χ2v) is 10.1. The second-order valence-electron chi connectivity index (χ2n) is 7.86. The predicted octanol–water partition coefficient (Wildman–Crippen LogP) is 4.89. The van der Waals surface area contributed by atoms with Crippen molar-refractivity contribution in [3.8, 4) is 11.5 Å². The van der Waals surface area contributed by atoms with Crippen LogP contribution in [0, 0.1) is 0 Å². The number of thioether (sulfide) groups is 1. The molecule has 0 spiro atoms. The van der Waals surface area contributed by atoms with Crippen LogP contribution < -0.4 is 9.64 Å². The van der Waals surface area contributed by atoms with Gasteiger partial charge in [-0.2, -0.15) is 0 Å². The number of ether oxygens (including phenoxy) is 2. The largest absolute Gasteiger partial charge is 0.457 e. The average Bonchev–Trinajstić information content (AvgIpc) is 3.02. The molecule has 2 saturated heterocycles. The van der Waals surface area contributed by atoms with Crippen LogP contribution in [0.25, 0.3) is 0 Å². The second kappa shape index (κ2) is 9.79. The Kier molecular flexibility index (Phi) is 7.05. The van der Waals surface area contributed by atoms with E-state index in [1.165, 1.54) is 16.7 Å². The Morgan fingerprint density at radius 2 is 1.59 bits per heavy atom. The summed E-state index contributed by atoms with van der Waals surface area (Å²) in [6.07, 6.45) is 0.272. The number of rotatable bonds is 4. The van der Waals surface area contributed by atoms with Gasteiger partial charge in [0.1, 0.15) is 21.1 Å². The minimum atomic E-state index is -0.520. The summed E-state index contributed by atoms with van der Waals surface area (Å²) >= 11 is 12.8. The van der Waals surface area contributed by atoms with E-state index in [1.807, 2.05) is 13.8 Å². The minimum absolute atomic E-state index is 0.0725. The van der Waals surface area contributed by atoms with Crippen molar-refractivity contribution in [1.29, 1.82) is 0 Å². The highest BCUT2D eigenvalue weighted by Gasteiger charge is 2.41. The third kappa shape index (κ3) is 5.26. The first kappa shape index (κ1) is 23.0. The van der Waals surface area contributed by atoms with Gasteiger partial charge in [-0.25, -0.2) is 4.90 Å². The molecule has 4 rings (SSSR count). The first-order valence-electron chi connectivity index (χ1n) is 10.3. The molecule has 2 aliphatic rings. The van der Waals surface area contributed by atoms with Crippen molar-refractivity contribution < 1.29 is 19.1 Å². The van der Waals surface area contributed by atoms with Gasteiger partial charge in [0.05, 0.1) is 17.9 Å². The molecule has 2 amide bonds. The Morgan fingerprint density at radius 3 is 2.19 bits per heavy atom. The fraction of sp³-hybridized carbons (Fsp3) is 0.348. The van der Waals surface area contributed by atoms with Crippen molar-refractivity contribution in [3.63, 3.8) is 0 Å². The van der Waals surface area contributed by atoms with E-state index >= 15 is 0 Å². The molecule has 32 heavy (non-hydrogen) atoms. The van der Waals surface area contributed by atoms with Gasteiger partial charge < -0.3 is 14.4 Å². The van der Waals surface area contributed by atoms with Crippen LogP contribution in [0.4, 0.5) is 5.69 Å². The molecule has 0 saturated carbocycles. The number of hydrogen-bond acceptors (Lipinski definition) is 6. The Bertz CT molecular complexity index is 1010. The quantitative estimate of drug-likeness (QED) is 0.446. The van der Waals surface area contributed by atoms with Crippen molar-refractivity contribution >= 4 is 57.4 Å². The number of halogens is 1. The molecular weight excluding hydrogens is 468 g/mol. The molecule has 0 radical (unpaired) electrons. The van der Waals surface area contributed by atoms with Gasteiger partial charge in [-0.3, -0.25) is 9.59 Å². The summed E-state index contributed by atoms with van der Waals surface area (Å²) < 4.78 is 12.2. The number of thiocarbonyl (C=S) groups is 1. The lowest BCUT2D eigenvalue weighted by Gasteiger charge is -2.36. The van der Waals surface area contributed by atoms with E-state index in [0.717, 1.165) is 0 Å². The lowest BCUT2D eigenvalue weighted by atomic mass is 10.2. The summed E-state index contributed by atoms with van der Waals surface area (Å²) in [4.78, 5) is 28.9. The van der Waals surface area contributed by atoms with Crippen LogP contribution in [0.2, 0.25) is 5.02 Å². The molecule has 0 aromatic heterocycles. The van der Waals surface area contributed by atoms with Gasteiger partial charge in [0.25, 0.3) is 0 Å². The van der Waals surface area contributed by atoms with Gasteiger partial charge in [-0.05, 0) is 62.4 Å². The van der Waals surface area contributed by atoms with Gasteiger partial charge in [-0.15, -0.1) is 0 Å². The summed E-state index contributed by atoms with van der Waals surface area (Å²) in [5, 5.41) is 0.108. The number of carbonyl (C=O) groups excluding carboxylic acids is 2. The molecule has 0 bridgehead atoms. The first-order valence-corrected chi connectivity index (χ1v) is 12.0. The lowest BCUT2D eigenvalue weighted by Crippen LogP contribution is -2.47. The van der Waals surface area contributed by atoms with Crippen molar-refractivity contribution in [2.75, 3.05) is 18.0 Å². The van der Waals surface area contributed by atoms with Crippen molar-refractivity contribution in [2.24, 2.45) is 0 Å². The van der Waals surface area contributed by atoms with Crippen molar-refractivity contribution in [3.05, 3.63) is 53.6 Å². The third-order valence-corrected chi connectivity index (χ3v) is 7.08. The molecule has 2 aliphatic heterocycles. The number of hydrogen-bond donors (Lipinski definition) is 0. The smallest absolute Gasteiger partial charge is 0.247 e. The monoisotopic (exact) mass is 490 g/mol. The van der Waals surface area contributed by atoms with E-state index in [-0.39, 0.29) is 30.4 Å². The number of nitrogens with zero attached hydrogens (tertiary/aromatic N) is 2. The number of benzene rings is 2. The van der Waals surface area contributed by atoms with Gasteiger partial charge in [0.2, 0.25) is 11.8 Å². The van der Waals surface area contributed by atoms with Crippen LogP contribution in [-0.2, 0) is 14.3 Å². The first-order chi connectivity index (χ1) is 15.3. The number of imide groups is 1. The molecule has 2 aromatic rings. The van der Waals surface area contributed by atoms with Crippen LogP contribution in [0.1, 0.15) is 20.3 Å². The summed E-state index contributed by atoms with van der Waals surface area (Å²) in [5.41, 5.74) is 0.520. The zero-order chi connectivity index (χ0) is 22.8. The number of amides is 2. The Labute approximate surface area is 201 Å². The average molecular weight is 491 g/mol. The topological polar surface area (TPSA) is 59.1 Å². The number of carbonyl (C=O) groups is 2. The molecule has 2 aromatic carbocycles. The lowest BCUT2D eigenvalue weighted by molar-refractivity contribution is -0.121. The molecular formula is C23H23ClN2O4S2. The minimum Gasteiger partial charge on any atom is -0.457 e. The van der Waals surface area contributed by atoms with E-state index in [9.17, 15) is 9.59 Å². The highest BCUT2D eigenvalue weighted by Crippen LogP contribution is 2.33. The fourth-order valence-electron chi connectivity index (χ4n) is 3.79. The Morgan fingerprint density at radius 1 is 1.03 bits per heavy atom. The van der Waals surface area contributed by atoms with E-state index in [2.05, 4.69) is 4.90 Å². The normalized spacial score (nSPS) is 23.5. The molecule has 2 fully saturated rings. The molecule has 168 valence electrons. The van der Waals surface area contributed by atoms with Crippen LogP contribution in [0.3, 0.4) is 0 Å². The van der Waals surface area contributed by atoms with Gasteiger partial charge >= 0.3 is 0 Å². The van der Waals surface area contributed by atoms with Crippen molar-refractivity contribution in [1.82, 2.24) is 4.90 Å². The molecule has 0 N–H and O–H groups in total. The van der Waals surface area contributed by atoms with Gasteiger partial charge in [-0.1, -0.05) is 35.6 Å². The summed E-state index contributed by atoms with van der Waals surface area (Å²) in [6, 6.07) is 13.9. The summed E-state index contributed by atoms with van der Waals surface area (Å²) in [6.45, 7) is 5.37. The van der Waals surface area contributed by atoms with Crippen molar-refractivity contribution in [2.45, 2.75) is 37.7 Å². The summed E-state index contributed by atoms with van der Waals surface area (Å²) in [7, 11) is 0. The van der Waals surface area contributed by atoms with E-state index in [0.29, 0.717) is 39.6 Å². The Balaban J connectivity index is 1.40.